The molecule has 1 atom stereocenters. The average molecular weight is 277 g/mol. The van der Waals surface area contributed by atoms with E-state index in [1.54, 1.807) is 0 Å². The maximum absolute atomic E-state index is 9.04. The zero-order valence-electron chi connectivity index (χ0n) is 6.92. The number of hydrogen-bond acceptors (Lipinski definition) is 2. The molecular weight excluding hydrogens is 265 g/mol. The number of aliphatic hydroxyl groups excluding tert-OH is 1. The van der Waals surface area contributed by atoms with Crippen LogP contribution in [0.25, 0.3) is 0 Å². The van der Waals surface area contributed by atoms with Crippen molar-refractivity contribution < 1.29 is 5.11 Å². The molecule has 0 aliphatic carbocycles. The summed E-state index contributed by atoms with van der Waals surface area (Å²) >= 11 is 2.22. The molecule has 3 heteroatoms. The summed E-state index contributed by atoms with van der Waals surface area (Å²) < 4.78 is 1.09. The zero-order valence-corrected chi connectivity index (χ0v) is 9.08. The average Bonchev–Trinajstić information content (AvgIpc) is 2.05. The van der Waals surface area contributed by atoms with Crippen LogP contribution in [0.15, 0.2) is 24.3 Å². The molecule has 0 heterocycles. The molecule has 0 fully saturated rings. The first-order valence-electron chi connectivity index (χ1n) is 3.72. The number of halogens is 1. The van der Waals surface area contributed by atoms with Gasteiger partial charge in [-0.25, -0.2) is 0 Å². The summed E-state index contributed by atoms with van der Waals surface area (Å²) in [7, 11) is 0. The van der Waals surface area contributed by atoms with Gasteiger partial charge in [-0.15, -0.1) is 0 Å². The molecule has 0 amide bonds. The van der Waals surface area contributed by atoms with Crippen molar-refractivity contribution in [3.8, 4) is 0 Å². The first-order valence-corrected chi connectivity index (χ1v) is 4.80. The molecule has 1 aromatic rings. The first kappa shape index (κ1) is 9.95. The monoisotopic (exact) mass is 277 g/mol. The second-order valence-electron chi connectivity index (χ2n) is 3.06. The summed E-state index contributed by atoms with van der Waals surface area (Å²) in [5.74, 6) is 0. The second kappa shape index (κ2) is 3.72. The molecule has 0 spiro atoms. The molecule has 0 bridgehead atoms. The normalized spacial score (nSPS) is 15.7. The number of rotatable bonds is 2. The van der Waals surface area contributed by atoms with E-state index in [9.17, 15) is 0 Å². The number of benzene rings is 1. The molecular formula is C9H12INO. The molecule has 0 aliphatic rings. The summed E-state index contributed by atoms with van der Waals surface area (Å²) in [5, 5.41) is 9.04. The Labute approximate surface area is 85.9 Å². The maximum atomic E-state index is 9.04. The molecule has 0 unspecified atom stereocenters. The number of aliphatic hydroxyl groups is 1. The fourth-order valence-corrected chi connectivity index (χ4v) is 2.01. The Balaban J connectivity index is 3.10. The Morgan fingerprint density at radius 3 is 2.58 bits per heavy atom. The molecule has 0 aliphatic heterocycles. The Hall–Kier alpha value is -0.130. The van der Waals surface area contributed by atoms with Gasteiger partial charge in [-0.3, -0.25) is 0 Å². The van der Waals surface area contributed by atoms with Gasteiger partial charge in [0.25, 0.3) is 0 Å². The van der Waals surface area contributed by atoms with Crippen molar-refractivity contribution in [2.24, 2.45) is 5.73 Å². The minimum Gasteiger partial charge on any atom is -0.394 e. The molecule has 2 nitrogen and oxygen atoms in total. The molecule has 1 rings (SSSR count). The van der Waals surface area contributed by atoms with Crippen molar-refractivity contribution in [2.75, 3.05) is 6.61 Å². The summed E-state index contributed by atoms with van der Waals surface area (Å²) in [5.41, 5.74) is 6.25. The van der Waals surface area contributed by atoms with Crippen molar-refractivity contribution in [3.63, 3.8) is 0 Å². The first-order chi connectivity index (χ1) is 5.58. The molecule has 12 heavy (non-hydrogen) atoms. The second-order valence-corrected chi connectivity index (χ2v) is 4.22. The van der Waals surface area contributed by atoms with E-state index in [2.05, 4.69) is 22.6 Å². The van der Waals surface area contributed by atoms with Gasteiger partial charge in [-0.1, -0.05) is 18.2 Å². The quantitative estimate of drug-likeness (QED) is 0.804. The van der Waals surface area contributed by atoms with E-state index in [1.807, 2.05) is 31.2 Å². The maximum Gasteiger partial charge on any atom is 0.0650 e. The van der Waals surface area contributed by atoms with E-state index >= 15 is 0 Å². The predicted octanol–water partition coefficient (Wildman–Crippen LogP) is 1.46. The van der Waals surface area contributed by atoms with Crippen molar-refractivity contribution in [1.29, 1.82) is 0 Å². The van der Waals surface area contributed by atoms with Gasteiger partial charge in [-0.2, -0.15) is 0 Å². The predicted molar refractivity (Wildman–Crippen MR) is 57.8 cm³/mol. The van der Waals surface area contributed by atoms with Crippen LogP contribution in [0.1, 0.15) is 12.5 Å². The van der Waals surface area contributed by atoms with Crippen LogP contribution < -0.4 is 5.73 Å². The van der Waals surface area contributed by atoms with Crippen LogP contribution in [0, 0.1) is 3.57 Å². The van der Waals surface area contributed by atoms with Crippen LogP contribution in [-0.2, 0) is 5.54 Å². The van der Waals surface area contributed by atoms with Crippen molar-refractivity contribution in [3.05, 3.63) is 33.4 Å². The van der Waals surface area contributed by atoms with Gasteiger partial charge in [0.2, 0.25) is 0 Å². The topological polar surface area (TPSA) is 46.2 Å². The fraction of sp³-hybridized carbons (Fsp3) is 0.333. The summed E-state index contributed by atoms with van der Waals surface area (Å²) in [4.78, 5) is 0. The van der Waals surface area contributed by atoms with Crippen LogP contribution in [0.4, 0.5) is 0 Å². The van der Waals surface area contributed by atoms with Gasteiger partial charge < -0.3 is 10.8 Å². The molecule has 0 saturated carbocycles. The smallest absolute Gasteiger partial charge is 0.0650 e. The van der Waals surface area contributed by atoms with Gasteiger partial charge in [-0.05, 0) is 41.1 Å². The Bertz CT molecular complexity index is 273. The van der Waals surface area contributed by atoms with Gasteiger partial charge in [0, 0.05) is 3.57 Å². The lowest BCUT2D eigenvalue weighted by Crippen LogP contribution is -2.37. The molecule has 0 saturated heterocycles. The minimum atomic E-state index is -0.627. The molecule has 0 aromatic heterocycles. The summed E-state index contributed by atoms with van der Waals surface area (Å²) in [6.45, 7) is 1.79. The lowest BCUT2D eigenvalue weighted by Gasteiger charge is -2.23. The van der Waals surface area contributed by atoms with E-state index < -0.39 is 5.54 Å². The molecule has 1 aromatic carbocycles. The Morgan fingerprint density at radius 1 is 1.50 bits per heavy atom. The number of nitrogens with two attached hydrogens (primary N) is 1. The van der Waals surface area contributed by atoms with E-state index in [-0.39, 0.29) is 6.61 Å². The van der Waals surface area contributed by atoms with Gasteiger partial charge >= 0.3 is 0 Å². The largest absolute Gasteiger partial charge is 0.394 e. The fourth-order valence-electron chi connectivity index (χ4n) is 1.01. The van der Waals surface area contributed by atoms with Gasteiger partial charge in [0.1, 0.15) is 0 Å². The Kier molecular flexibility index (Phi) is 3.09. The third kappa shape index (κ3) is 1.97. The van der Waals surface area contributed by atoms with E-state index in [0.717, 1.165) is 9.13 Å². The third-order valence-electron chi connectivity index (χ3n) is 1.82. The van der Waals surface area contributed by atoms with Crippen LogP contribution in [0.2, 0.25) is 0 Å². The lowest BCUT2D eigenvalue weighted by molar-refractivity contribution is 0.209. The summed E-state index contributed by atoms with van der Waals surface area (Å²) in [6.07, 6.45) is 0. The van der Waals surface area contributed by atoms with E-state index in [4.69, 9.17) is 10.8 Å². The van der Waals surface area contributed by atoms with Crippen LogP contribution in [0.3, 0.4) is 0 Å². The van der Waals surface area contributed by atoms with Crippen LogP contribution in [-0.4, -0.2) is 11.7 Å². The SMILES string of the molecule is C[C@@](N)(CO)c1ccccc1I. The Morgan fingerprint density at radius 2 is 2.08 bits per heavy atom. The van der Waals surface area contributed by atoms with Crippen LogP contribution in [0.5, 0.6) is 0 Å². The highest BCUT2D eigenvalue weighted by molar-refractivity contribution is 14.1. The standard InChI is InChI=1S/C9H12INO/c1-9(11,6-12)7-4-2-3-5-8(7)10/h2-5,12H,6,11H2,1H3/t9-/m1/s1. The van der Waals surface area contributed by atoms with Crippen molar-refractivity contribution in [2.45, 2.75) is 12.5 Å². The van der Waals surface area contributed by atoms with E-state index in [1.165, 1.54) is 0 Å². The molecule has 0 radical (unpaired) electrons. The van der Waals surface area contributed by atoms with Crippen molar-refractivity contribution >= 4 is 22.6 Å². The van der Waals surface area contributed by atoms with Crippen molar-refractivity contribution in [1.82, 2.24) is 0 Å². The highest BCUT2D eigenvalue weighted by Gasteiger charge is 2.21. The van der Waals surface area contributed by atoms with Gasteiger partial charge in [0.05, 0.1) is 12.1 Å². The van der Waals surface area contributed by atoms with Gasteiger partial charge in [0.15, 0.2) is 0 Å². The number of hydrogen-bond donors (Lipinski definition) is 2. The third-order valence-corrected chi connectivity index (χ3v) is 2.76. The minimum absolute atomic E-state index is 0.0347. The highest BCUT2D eigenvalue weighted by Crippen LogP contribution is 2.22. The molecule has 66 valence electrons. The highest BCUT2D eigenvalue weighted by atomic mass is 127. The van der Waals surface area contributed by atoms with E-state index in [0.29, 0.717) is 0 Å². The van der Waals surface area contributed by atoms with Crippen LogP contribution >= 0.6 is 22.6 Å². The lowest BCUT2D eigenvalue weighted by atomic mass is 9.94. The molecule has 3 N–H and O–H groups in total. The zero-order chi connectivity index (χ0) is 9.19. The summed E-state index contributed by atoms with van der Waals surface area (Å²) in [6, 6.07) is 7.81.